The molecule has 0 aromatic heterocycles. The number of nitrogens with one attached hydrogen (secondary N) is 1. The van der Waals surface area contributed by atoms with Crippen molar-refractivity contribution in [2.45, 2.75) is 25.8 Å². The van der Waals surface area contributed by atoms with E-state index >= 15 is 0 Å². The summed E-state index contributed by atoms with van der Waals surface area (Å²) >= 11 is 3.27. The molecule has 1 N–H and O–H groups in total. The molecule has 0 fully saturated rings. The molecule has 0 radical (unpaired) electrons. The van der Waals surface area contributed by atoms with E-state index in [9.17, 15) is 4.39 Å². The first-order chi connectivity index (χ1) is 8.19. The predicted octanol–water partition coefficient (Wildman–Crippen LogP) is 3.67. The maximum atomic E-state index is 13.8. The van der Waals surface area contributed by atoms with Crippen molar-refractivity contribution in [1.29, 1.82) is 0 Å². The summed E-state index contributed by atoms with van der Waals surface area (Å²) in [4.78, 5) is 0. The van der Waals surface area contributed by atoms with Gasteiger partial charge in [-0.05, 0) is 31.5 Å². The van der Waals surface area contributed by atoms with E-state index < -0.39 is 0 Å². The Balaban J connectivity index is 2.74. The number of rotatable bonds is 7. The normalized spacial score (nSPS) is 12.7. The molecule has 0 bridgehead atoms. The molecule has 0 amide bonds. The molecule has 0 spiro atoms. The molecule has 0 saturated heterocycles. The highest BCUT2D eigenvalue weighted by molar-refractivity contribution is 9.10. The van der Waals surface area contributed by atoms with Crippen LogP contribution in [0.15, 0.2) is 22.7 Å². The molecule has 1 atom stereocenters. The average molecular weight is 304 g/mol. The molecule has 0 aliphatic rings. The Bertz CT molecular complexity index is 346. The Kier molecular flexibility index (Phi) is 6.70. The van der Waals surface area contributed by atoms with E-state index in [4.69, 9.17) is 4.74 Å². The van der Waals surface area contributed by atoms with Gasteiger partial charge in [-0.3, -0.25) is 0 Å². The van der Waals surface area contributed by atoms with Crippen molar-refractivity contribution in [2.75, 3.05) is 20.3 Å². The first-order valence-corrected chi connectivity index (χ1v) is 6.65. The summed E-state index contributed by atoms with van der Waals surface area (Å²) in [6.45, 7) is 3.56. The zero-order valence-corrected chi connectivity index (χ0v) is 11.9. The molecule has 17 heavy (non-hydrogen) atoms. The molecule has 0 saturated carbocycles. The van der Waals surface area contributed by atoms with E-state index in [1.54, 1.807) is 7.11 Å². The molecule has 1 aromatic carbocycles. The minimum atomic E-state index is -0.164. The van der Waals surface area contributed by atoms with Crippen LogP contribution in [0, 0.1) is 5.82 Å². The van der Waals surface area contributed by atoms with Crippen molar-refractivity contribution < 1.29 is 9.13 Å². The Morgan fingerprint density at radius 2 is 2.24 bits per heavy atom. The van der Waals surface area contributed by atoms with Crippen molar-refractivity contribution in [3.05, 3.63) is 34.1 Å². The molecule has 96 valence electrons. The highest BCUT2D eigenvalue weighted by Crippen LogP contribution is 2.24. The lowest BCUT2D eigenvalue weighted by Gasteiger charge is -2.19. The van der Waals surface area contributed by atoms with Gasteiger partial charge in [-0.15, -0.1) is 0 Å². The minimum absolute atomic E-state index is 0.0586. The molecular weight excluding hydrogens is 285 g/mol. The van der Waals surface area contributed by atoms with Crippen LogP contribution in [0.4, 0.5) is 4.39 Å². The maximum absolute atomic E-state index is 13.8. The smallest absolute Gasteiger partial charge is 0.129 e. The summed E-state index contributed by atoms with van der Waals surface area (Å²) < 4.78 is 19.6. The van der Waals surface area contributed by atoms with Crippen LogP contribution in [0.25, 0.3) is 0 Å². The van der Waals surface area contributed by atoms with Crippen LogP contribution >= 0.6 is 15.9 Å². The van der Waals surface area contributed by atoms with Gasteiger partial charge < -0.3 is 10.1 Å². The second-order valence-electron chi connectivity index (χ2n) is 3.91. The first kappa shape index (κ1) is 14.6. The van der Waals surface area contributed by atoms with Crippen LogP contribution in [-0.2, 0) is 4.74 Å². The standard InChI is InChI=1S/C13H19BrFNO/c1-3-16-13(5-4-8-17-2)11-7-6-10(14)9-12(11)15/h6-7,9,13,16H,3-5,8H2,1-2H3. The van der Waals surface area contributed by atoms with Crippen molar-refractivity contribution in [3.8, 4) is 0 Å². The van der Waals surface area contributed by atoms with E-state index in [0.29, 0.717) is 6.61 Å². The Hall–Kier alpha value is -0.450. The maximum Gasteiger partial charge on any atom is 0.129 e. The van der Waals surface area contributed by atoms with Crippen LogP contribution in [0.1, 0.15) is 31.4 Å². The minimum Gasteiger partial charge on any atom is -0.385 e. The van der Waals surface area contributed by atoms with E-state index in [1.807, 2.05) is 19.1 Å². The molecule has 1 unspecified atom stereocenters. The topological polar surface area (TPSA) is 21.3 Å². The van der Waals surface area contributed by atoms with Gasteiger partial charge in [0.1, 0.15) is 5.82 Å². The van der Waals surface area contributed by atoms with Gasteiger partial charge in [-0.2, -0.15) is 0 Å². The Morgan fingerprint density at radius 3 is 2.82 bits per heavy atom. The van der Waals surface area contributed by atoms with Gasteiger partial charge in [0.15, 0.2) is 0 Å². The van der Waals surface area contributed by atoms with E-state index in [2.05, 4.69) is 21.2 Å². The second-order valence-corrected chi connectivity index (χ2v) is 4.83. The highest BCUT2D eigenvalue weighted by Gasteiger charge is 2.14. The summed E-state index contributed by atoms with van der Waals surface area (Å²) in [6.07, 6.45) is 1.80. The highest BCUT2D eigenvalue weighted by atomic mass is 79.9. The molecule has 2 nitrogen and oxygen atoms in total. The SMILES string of the molecule is CCNC(CCCOC)c1ccc(Br)cc1F. The van der Waals surface area contributed by atoms with Crippen molar-refractivity contribution in [2.24, 2.45) is 0 Å². The number of ether oxygens (including phenoxy) is 1. The van der Waals surface area contributed by atoms with Gasteiger partial charge in [-0.25, -0.2) is 4.39 Å². The summed E-state index contributed by atoms with van der Waals surface area (Å²) in [7, 11) is 1.68. The fourth-order valence-electron chi connectivity index (χ4n) is 1.83. The first-order valence-electron chi connectivity index (χ1n) is 5.86. The van der Waals surface area contributed by atoms with Gasteiger partial charge in [-0.1, -0.05) is 28.9 Å². The molecule has 1 rings (SSSR count). The van der Waals surface area contributed by atoms with Gasteiger partial charge in [0.05, 0.1) is 0 Å². The van der Waals surface area contributed by atoms with Crippen LogP contribution in [-0.4, -0.2) is 20.3 Å². The van der Waals surface area contributed by atoms with Crippen LogP contribution in [0.2, 0.25) is 0 Å². The monoisotopic (exact) mass is 303 g/mol. The molecule has 0 aliphatic carbocycles. The summed E-state index contributed by atoms with van der Waals surface area (Å²) in [5, 5.41) is 3.31. The quantitative estimate of drug-likeness (QED) is 0.776. The zero-order valence-electron chi connectivity index (χ0n) is 10.3. The van der Waals surface area contributed by atoms with Crippen LogP contribution in [0.5, 0.6) is 0 Å². The largest absolute Gasteiger partial charge is 0.385 e. The van der Waals surface area contributed by atoms with Gasteiger partial charge >= 0.3 is 0 Å². The third-order valence-corrected chi connectivity index (χ3v) is 3.12. The van der Waals surface area contributed by atoms with Crippen LogP contribution in [0.3, 0.4) is 0 Å². The summed E-state index contributed by atoms with van der Waals surface area (Å²) in [6, 6.07) is 5.28. The molecule has 0 aliphatic heterocycles. The van der Waals surface area contributed by atoms with Crippen molar-refractivity contribution in [1.82, 2.24) is 5.32 Å². The second kappa shape index (κ2) is 7.80. The van der Waals surface area contributed by atoms with E-state index in [1.165, 1.54) is 6.07 Å². The van der Waals surface area contributed by atoms with Gasteiger partial charge in [0, 0.05) is 29.8 Å². The van der Waals surface area contributed by atoms with Crippen LogP contribution < -0.4 is 5.32 Å². The lowest BCUT2D eigenvalue weighted by atomic mass is 10.0. The zero-order chi connectivity index (χ0) is 12.7. The van der Waals surface area contributed by atoms with E-state index in [-0.39, 0.29) is 11.9 Å². The number of hydrogen-bond donors (Lipinski definition) is 1. The fraction of sp³-hybridized carbons (Fsp3) is 0.538. The Morgan fingerprint density at radius 1 is 1.47 bits per heavy atom. The third-order valence-electron chi connectivity index (χ3n) is 2.63. The fourth-order valence-corrected chi connectivity index (χ4v) is 2.16. The predicted molar refractivity (Wildman–Crippen MR) is 71.6 cm³/mol. The van der Waals surface area contributed by atoms with Crippen molar-refractivity contribution >= 4 is 15.9 Å². The lowest BCUT2D eigenvalue weighted by molar-refractivity contribution is 0.188. The molecule has 0 heterocycles. The molecule has 4 heteroatoms. The van der Waals surface area contributed by atoms with E-state index in [0.717, 1.165) is 29.4 Å². The number of benzene rings is 1. The van der Waals surface area contributed by atoms with Gasteiger partial charge in [0.2, 0.25) is 0 Å². The summed E-state index contributed by atoms with van der Waals surface area (Å²) in [5.41, 5.74) is 0.728. The third kappa shape index (κ3) is 4.74. The number of halogens is 2. The number of hydrogen-bond acceptors (Lipinski definition) is 2. The van der Waals surface area contributed by atoms with Crippen molar-refractivity contribution in [3.63, 3.8) is 0 Å². The number of methoxy groups -OCH3 is 1. The average Bonchev–Trinajstić information content (AvgIpc) is 2.28. The lowest BCUT2D eigenvalue weighted by Crippen LogP contribution is -2.22. The Labute approximate surface area is 111 Å². The molecule has 1 aromatic rings. The van der Waals surface area contributed by atoms with Gasteiger partial charge in [0.25, 0.3) is 0 Å². The molecular formula is C13H19BrFNO. The summed E-state index contributed by atoms with van der Waals surface area (Å²) in [5.74, 6) is -0.164.